The van der Waals surface area contributed by atoms with Crippen molar-refractivity contribution < 1.29 is 8.42 Å². The highest BCUT2D eigenvalue weighted by Crippen LogP contribution is 2.20. The van der Waals surface area contributed by atoms with Gasteiger partial charge in [-0.1, -0.05) is 18.2 Å². The lowest BCUT2D eigenvalue weighted by Gasteiger charge is -2.36. The monoisotopic (exact) mass is 374 g/mol. The van der Waals surface area contributed by atoms with Gasteiger partial charge < -0.3 is 15.1 Å². The van der Waals surface area contributed by atoms with Gasteiger partial charge >= 0.3 is 0 Å². The third kappa shape index (κ3) is 3.87. The molecule has 0 bridgehead atoms. The fraction of sp³-hybridized carbons (Fsp3) is 0.471. The van der Waals surface area contributed by atoms with E-state index in [0.29, 0.717) is 12.4 Å². The van der Waals surface area contributed by atoms with Crippen molar-refractivity contribution in [2.24, 2.45) is 0 Å². The van der Waals surface area contributed by atoms with E-state index in [-0.39, 0.29) is 17.5 Å². The number of piperazine rings is 1. The van der Waals surface area contributed by atoms with Crippen LogP contribution in [0.25, 0.3) is 0 Å². The summed E-state index contributed by atoms with van der Waals surface area (Å²) in [7, 11) is -2.93. The minimum Gasteiger partial charge on any atom is -0.368 e. The zero-order valence-corrected chi connectivity index (χ0v) is 15.3. The van der Waals surface area contributed by atoms with Crippen LogP contribution in [0.2, 0.25) is 0 Å². The molecule has 9 heteroatoms. The van der Waals surface area contributed by atoms with Crippen molar-refractivity contribution in [2.45, 2.75) is 12.5 Å². The lowest BCUT2D eigenvalue weighted by molar-refractivity contribution is 0.602. The Morgan fingerprint density at radius 1 is 1.04 bits per heavy atom. The zero-order chi connectivity index (χ0) is 18.0. The highest BCUT2D eigenvalue weighted by atomic mass is 32.2. The summed E-state index contributed by atoms with van der Waals surface area (Å²) in [5.41, 5.74) is 1.23. The maximum atomic E-state index is 11.6. The molecule has 138 valence electrons. The molecule has 2 fully saturated rings. The Morgan fingerprint density at radius 3 is 2.46 bits per heavy atom. The van der Waals surface area contributed by atoms with Crippen LogP contribution in [0.5, 0.6) is 0 Å². The molecule has 0 amide bonds. The Bertz CT molecular complexity index is 853. The number of hydrogen-bond donors (Lipinski definition) is 1. The summed E-state index contributed by atoms with van der Waals surface area (Å²) in [5, 5.41) is 11.1. The molecular formula is C17H22N6O2S. The summed E-state index contributed by atoms with van der Waals surface area (Å²) in [4.78, 5) is 9.07. The van der Waals surface area contributed by atoms with Gasteiger partial charge in [-0.15, -0.1) is 5.10 Å². The topological polar surface area (TPSA) is 91.3 Å². The first-order valence-electron chi connectivity index (χ1n) is 8.81. The minimum atomic E-state index is -2.93. The Morgan fingerprint density at radius 2 is 1.77 bits per heavy atom. The molecule has 3 heterocycles. The van der Waals surface area contributed by atoms with E-state index < -0.39 is 9.84 Å². The molecule has 1 atom stereocenters. The summed E-state index contributed by atoms with van der Waals surface area (Å²) < 4.78 is 23.2. The third-order valence-corrected chi connectivity index (χ3v) is 6.60. The minimum absolute atomic E-state index is 0.132. The summed E-state index contributed by atoms with van der Waals surface area (Å²) in [5.74, 6) is 1.53. The van der Waals surface area contributed by atoms with Crippen LogP contribution in [0.1, 0.15) is 6.42 Å². The quantitative estimate of drug-likeness (QED) is 0.840. The van der Waals surface area contributed by atoms with E-state index in [1.54, 1.807) is 6.20 Å². The average Bonchev–Trinajstić information content (AvgIpc) is 3.01. The summed E-state index contributed by atoms with van der Waals surface area (Å²) in [6.07, 6.45) is 2.25. The molecular weight excluding hydrogens is 352 g/mol. The number of nitrogens with zero attached hydrogens (tertiary/aromatic N) is 5. The normalized spacial score (nSPS) is 22.4. The predicted octanol–water partition coefficient (Wildman–Crippen LogP) is 0.797. The van der Waals surface area contributed by atoms with Crippen LogP contribution in [0.3, 0.4) is 0 Å². The van der Waals surface area contributed by atoms with Crippen LogP contribution in [0.15, 0.2) is 36.5 Å². The van der Waals surface area contributed by atoms with E-state index in [2.05, 4.69) is 54.6 Å². The van der Waals surface area contributed by atoms with Gasteiger partial charge in [0.05, 0.1) is 17.7 Å². The standard InChI is InChI=1S/C17H22N6O2S/c24-26(25)11-6-14(13-26)19-17-20-16(12-18-21-17)23-9-7-22(8-10-23)15-4-2-1-3-5-15/h1-5,12,14H,6-11,13H2,(H,19,20,21). The molecule has 2 aliphatic heterocycles. The molecule has 0 aliphatic carbocycles. The predicted molar refractivity (Wildman–Crippen MR) is 101 cm³/mol. The summed E-state index contributed by atoms with van der Waals surface area (Å²) in [6.45, 7) is 3.53. The summed E-state index contributed by atoms with van der Waals surface area (Å²) >= 11 is 0. The first kappa shape index (κ1) is 17.0. The van der Waals surface area contributed by atoms with Crippen LogP contribution in [0, 0.1) is 0 Å². The van der Waals surface area contributed by atoms with Crippen molar-refractivity contribution >= 4 is 27.3 Å². The van der Waals surface area contributed by atoms with Gasteiger partial charge in [0.2, 0.25) is 5.95 Å². The number of rotatable bonds is 4. The SMILES string of the molecule is O=S1(=O)CCC(Nc2nncc(N3CCN(c4ccccc4)CC3)n2)C1. The molecule has 1 N–H and O–H groups in total. The van der Waals surface area contributed by atoms with Crippen LogP contribution in [-0.4, -0.2) is 67.3 Å². The van der Waals surface area contributed by atoms with Crippen molar-refractivity contribution in [1.82, 2.24) is 15.2 Å². The second-order valence-corrected chi connectivity index (χ2v) is 8.92. The van der Waals surface area contributed by atoms with Gasteiger partial charge in [0.25, 0.3) is 0 Å². The van der Waals surface area contributed by atoms with E-state index in [4.69, 9.17) is 0 Å². The molecule has 2 saturated heterocycles. The van der Waals surface area contributed by atoms with E-state index in [1.807, 2.05) is 6.07 Å². The third-order valence-electron chi connectivity index (χ3n) is 4.84. The van der Waals surface area contributed by atoms with Gasteiger partial charge in [-0.2, -0.15) is 10.1 Å². The zero-order valence-electron chi connectivity index (χ0n) is 14.5. The Balaban J connectivity index is 1.38. The van der Waals surface area contributed by atoms with E-state index in [0.717, 1.165) is 32.0 Å². The largest absolute Gasteiger partial charge is 0.368 e. The van der Waals surface area contributed by atoms with Gasteiger partial charge in [-0.05, 0) is 18.6 Å². The van der Waals surface area contributed by atoms with E-state index >= 15 is 0 Å². The van der Waals surface area contributed by atoms with Crippen LogP contribution < -0.4 is 15.1 Å². The second-order valence-electron chi connectivity index (χ2n) is 6.69. The molecule has 2 aliphatic rings. The Kier molecular flexibility index (Phi) is 4.62. The van der Waals surface area contributed by atoms with E-state index in [9.17, 15) is 8.42 Å². The molecule has 4 rings (SSSR count). The van der Waals surface area contributed by atoms with Crippen molar-refractivity contribution in [3.63, 3.8) is 0 Å². The fourth-order valence-electron chi connectivity index (χ4n) is 3.43. The molecule has 0 radical (unpaired) electrons. The molecule has 1 aromatic carbocycles. The molecule has 26 heavy (non-hydrogen) atoms. The lowest BCUT2D eigenvalue weighted by Crippen LogP contribution is -2.47. The maximum absolute atomic E-state index is 11.6. The van der Waals surface area contributed by atoms with Crippen molar-refractivity contribution in [2.75, 3.05) is 52.8 Å². The van der Waals surface area contributed by atoms with Gasteiger partial charge in [-0.3, -0.25) is 0 Å². The van der Waals surface area contributed by atoms with Gasteiger partial charge in [0.15, 0.2) is 15.7 Å². The number of benzene rings is 1. The van der Waals surface area contributed by atoms with E-state index in [1.165, 1.54) is 5.69 Å². The molecule has 1 unspecified atom stereocenters. The number of nitrogens with one attached hydrogen (secondary N) is 1. The lowest BCUT2D eigenvalue weighted by atomic mass is 10.2. The van der Waals surface area contributed by atoms with Crippen molar-refractivity contribution in [3.8, 4) is 0 Å². The van der Waals surface area contributed by atoms with Crippen molar-refractivity contribution in [3.05, 3.63) is 36.5 Å². The highest BCUT2D eigenvalue weighted by Gasteiger charge is 2.28. The first-order chi connectivity index (χ1) is 12.6. The molecule has 1 aromatic heterocycles. The summed E-state index contributed by atoms with van der Waals surface area (Å²) in [6, 6.07) is 10.2. The molecule has 0 spiro atoms. The second kappa shape index (κ2) is 7.06. The van der Waals surface area contributed by atoms with Crippen LogP contribution in [0.4, 0.5) is 17.5 Å². The molecule has 2 aromatic rings. The smallest absolute Gasteiger partial charge is 0.244 e. The van der Waals surface area contributed by atoms with Gasteiger partial charge in [0, 0.05) is 37.9 Å². The Labute approximate surface area is 153 Å². The highest BCUT2D eigenvalue weighted by molar-refractivity contribution is 7.91. The number of anilines is 3. The van der Waals surface area contributed by atoms with Gasteiger partial charge in [-0.25, -0.2) is 8.42 Å². The average molecular weight is 374 g/mol. The fourth-order valence-corrected chi connectivity index (χ4v) is 5.11. The Hall–Kier alpha value is -2.42. The van der Waals surface area contributed by atoms with Crippen LogP contribution >= 0.6 is 0 Å². The molecule has 0 saturated carbocycles. The van der Waals surface area contributed by atoms with Crippen molar-refractivity contribution in [1.29, 1.82) is 0 Å². The number of sulfone groups is 1. The van der Waals surface area contributed by atoms with Crippen LogP contribution in [-0.2, 0) is 9.84 Å². The number of aromatic nitrogens is 3. The molecule has 8 nitrogen and oxygen atoms in total. The number of hydrogen-bond acceptors (Lipinski definition) is 8. The van der Waals surface area contributed by atoms with Gasteiger partial charge in [0.1, 0.15) is 0 Å². The number of para-hydroxylation sites is 1. The maximum Gasteiger partial charge on any atom is 0.244 e. The first-order valence-corrected chi connectivity index (χ1v) is 10.6.